The maximum atomic E-state index is 11.7. The number of carbonyl (C=O) groups excluding carboxylic acids is 1. The fourth-order valence-electron chi connectivity index (χ4n) is 1.74. The lowest BCUT2D eigenvalue weighted by Gasteiger charge is -2.18. The molecule has 3 N–H and O–H groups in total. The second-order valence-corrected chi connectivity index (χ2v) is 5.79. The van der Waals surface area contributed by atoms with Crippen molar-refractivity contribution in [3.63, 3.8) is 0 Å². The van der Waals surface area contributed by atoms with E-state index in [-0.39, 0.29) is 5.92 Å². The number of hydrogen-bond donors (Lipinski definition) is 3. The average Bonchev–Trinajstić information content (AvgIpc) is 2.37. The van der Waals surface area contributed by atoms with E-state index in [9.17, 15) is 9.59 Å². The maximum Gasteiger partial charge on any atom is 0.326 e. The van der Waals surface area contributed by atoms with Gasteiger partial charge in [0.05, 0.1) is 0 Å². The van der Waals surface area contributed by atoms with E-state index in [1.807, 2.05) is 0 Å². The highest BCUT2D eigenvalue weighted by Crippen LogP contribution is 2.20. The van der Waals surface area contributed by atoms with Gasteiger partial charge in [0.2, 0.25) is 0 Å². The van der Waals surface area contributed by atoms with E-state index < -0.39 is 18.0 Å². The molecule has 0 aromatic heterocycles. The Morgan fingerprint density at radius 1 is 1.29 bits per heavy atom. The smallest absolute Gasteiger partial charge is 0.326 e. The number of urea groups is 1. The van der Waals surface area contributed by atoms with Crippen LogP contribution in [-0.4, -0.2) is 29.7 Å². The Morgan fingerprint density at radius 2 is 1.95 bits per heavy atom. The molecule has 1 aromatic rings. The molecule has 1 atom stereocenters. The third-order valence-corrected chi connectivity index (χ3v) is 3.50. The molecular formula is C14H18Cl2N2O3. The normalized spacial score (nSPS) is 12.0. The van der Waals surface area contributed by atoms with Crippen molar-refractivity contribution in [2.45, 2.75) is 26.3 Å². The fraction of sp³-hybridized carbons (Fsp3) is 0.429. The molecule has 21 heavy (non-hydrogen) atoms. The van der Waals surface area contributed by atoms with Crippen LogP contribution in [0.25, 0.3) is 0 Å². The molecule has 116 valence electrons. The van der Waals surface area contributed by atoms with Crippen LogP contribution in [0.3, 0.4) is 0 Å². The largest absolute Gasteiger partial charge is 0.480 e. The third-order valence-electron chi connectivity index (χ3n) is 2.91. The van der Waals surface area contributed by atoms with Crippen LogP contribution < -0.4 is 10.6 Å². The summed E-state index contributed by atoms with van der Waals surface area (Å²) in [4.78, 5) is 22.6. The first kappa shape index (κ1) is 17.6. The lowest BCUT2D eigenvalue weighted by atomic mass is 10.1. The average molecular weight is 333 g/mol. The summed E-state index contributed by atoms with van der Waals surface area (Å²) in [5, 5.41) is 15.1. The number of rotatable bonds is 6. The van der Waals surface area contributed by atoms with E-state index >= 15 is 0 Å². The fourth-order valence-corrected chi connectivity index (χ4v) is 2.24. The molecule has 0 aliphatic heterocycles. The predicted octanol–water partition coefficient (Wildman–Crippen LogP) is 2.94. The molecule has 1 rings (SSSR count). The van der Waals surface area contributed by atoms with Gasteiger partial charge in [0.1, 0.15) is 6.04 Å². The number of carboxylic acids is 1. The molecule has 0 bridgehead atoms. The molecule has 0 saturated carbocycles. The molecule has 0 aliphatic carbocycles. The molecule has 0 fully saturated rings. The quantitative estimate of drug-likeness (QED) is 0.749. The van der Waals surface area contributed by atoms with Crippen LogP contribution in [0, 0.1) is 5.92 Å². The lowest BCUT2D eigenvalue weighted by molar-refractivity contribution is -0.140. The van der Waals surface area contributed by atoms with Crippen molar-refractivity contribution in [2.75, 3.05) is 6.54 Å². The monoisotopic (exact) mass is 332 g/mol. The zero-order valence-corrected chi connectivity index (χ0v) is 13.3. The second kappa shape index (κ2) is 8.10. The van der Waals surface area contributed by atoms with Crippen molar-refractivity contribution >= 4 is 35.2 Å². The summed E-state index contributed by atoms with van der Waals surface area (Å²) in [7, 11) is 0. The Hall–Kier alpha value is -1.46. The van der Waals surface area contributed by atoms with Crippen molar-refractivity contribution in [1.29, 1.82) is 0 Å². The number of carbonyl (C=O) groups is 2. The molecule has 0 radical (unpaired) electrons. The third kappa shape index (κ3) is 5.81. The van der Waals surface area contributed by atoms with Gasteiger partial charge in [-0.05, 0) is 30.0 Å². The summed E-state index contributed by atoms with van der Waals surface area (Å²) in [5.41, 5.74) is 0.861. The van der Waals surface area contributed by atoms with Crippen LogP contribution >= 0.6 is 23.2 Å². The molecule has 1 aromatic carbocycles. The summed E-state index contributed by atoms with van der Waals surface area (Å²) in [6.07, 6.45) is 0.531. The van der Waals surface area contributed by atoms with E-state index in [2.05, 4.69) is 10.6 Å². The second-order valence-electron chi connectivity index (χ2n) is 4.95. The van der Waals surface area contributed by atoms with Crippen molar-refractivity contribution in [2.24, 2.45) is 5.92 Å². The molecule has 2 amide bonds. The van der Waals surface area contributed by atoms with E-state index in [1.54, 1.807) is 32.0 Å². The summed E-state index contributed by atoms with van der Waals surface area (Å²) in [6, 6.07) is 3.73. The highest BCUT2D eigenvalue weighted by atomic mass is 35.5. The number of aliphatic carboxylic acids is 1. The number of amides is 2. The van der Waals surface area contributed by atoms with Gasteiger partial charge in [-0.3, -0.25) is 0 Å². The summed E-state index contributed by atoms with van der Waals surface area (Å²) in [5.74, 6) is -1.25. The Bertz CT molecular complexity index is 521. The molecule has 5 nitrogen and oxygen atoms in total. The van der Waals surface area contributed by atoms with Gasteiger partial charge in [0.25, 0.3) is 0 Å². The Balaban J connectivity index is 2.44. The zero-order valence-electron chi connectivity index (χ0n) is 11.8. The number of carboxylic acid groups (broad SMARTS) is 1. The number of nitrogens with one attached hydrogen (secondary N) is 2. The van der Waals surface area contributed by atoms with Gasteiger partial charge in [0, 0.05) is 16.6 Å². The Kier molecular flexibility index (Phi) is 6.78. The van der Waals surface area contributed by atoms with Crippen LogP contribution in [0.1, 0.15) is 19.4 Å². The molecule has 0 unspecified atom stereocenters. The molecule has 0 saturated heterocycles. The number of hydrogen-bond acceptors (Lipinski definition) is 2. The standard InChI is InChI=1S/C14H18Cl2N2O3/c1-8(2)12(13(19)20)18-14(21)17-6-5-9-3-4-10(15)7-11(9)16/h3-4,7-8,12H,5-6H2,1-2H3,(H,19,20)(H2,17,18,21)/t12-/m0/s1. The minimum atomic E-state index is -1.05. The highest BCUT2D eigenvalue weighted by molar-refractivity contribution is 6.35. The van der Waals surface area contributed by atoms with Crippen LogP contribution in [0.5, 0.6) is 0 Å². The van der Waals surface area contributed by atoms with Crippen molar-refractivity contribution < 1.29 is 14.7 Å². The molecule has 0 heterocycles. The summed E-state index contributed by atoms with van der Waals surface area (Å²) < 4.78 is 0. The Morgan fingerprint density at radius 3 is 2.48 bits per heavy atom. The minimum absolute atomic E-state index is 0.195. The first-order valence-electron chi connectivity index (χ1n) is 6.52. The van der Waals surface area contributed by atoms with Gasteiger partial charge >= 0.3 is 12.0 Å². The minimum Gasteiger partial charge on any atom is -0.480 e. The SMILES string of the molecule is CC(C)[C@H](NC(=O)NCCc1ccc(Cl)cc1Cl)C(=O)O. The summed E-state index contributed by atoms with van der Waals surface area (Å²) >= 11 is 11.8. The van der Waals surface area contributed by atoms with Gasteiger partial charge in [-0.25, -0.2) is 9.59 Å². The van der Waals surface area contributed by atoms with Crippen LogP contribution in [0.15, 0.2) is 18.2 Å². The van der Waals surface area contributed by atoms with Crippen LogP contribution in [0.4, 0.5) is 4.79 Å². The molecule has 0 aliphatic rings. The molecule has 0 spiro atoms. The highest BCUT2D eigenvalue weighted by Gasteiger charge is 2.23. The van der Waals surface area contributed by atoms with Gasteiger partial charge in [-0.2, -0.15) is 0 Å². The first-order valence-corrected chi connectivity index (χ1v) is 7.28. The van der Waals surface area contributed by atoms with Gasteiger partial charge < -0.3 is 15.7 Å². The van der Waals surface area contributed by atoms with E-state index in [0.29, 0.717) is 23.0 Å². The maximum absolute atomic E-state index is 11.7. The van der Waals surface area contributed by atoms with Crippen molar-refractivity contribution in [3.05, 3.63) is 33.8 Å². The molecule has 7 heteroatoms. The van der Waals surface area contributed by atoms with Gasteiger partial charge in [-0.1, -0.05) is 43.1 Å². The zero-order chi connectivity index (χ0) is 16.0. The van der Waals surface area contributed by atoms with E-state index in [0.717, 1.165) is 5.56 Å². The van der Waals surface area contributed by atoms with Crippen LogP contribution in [0.2, 0.25) is 10.0 Å². The topological polar surface area (TPSA) is 78.4 Å². The summed E-state index contributed by atoms with van der Waals surface area (Å²) in [6.45, 7) is 3.80. The van der Waals surface area contributed by atoms with Crippen molar-refractivity contribution in [3.8, 4) is 0 Å². The number of benzene rings is 1. The van der Waals surface area contributed by atoms with E-state index in [4.69, 9.17) is 28.3 Å². The van der Waals surface area contributed by atoms with Gasteiger partial charge in [-0.15, -0.1) is 0 Å². The Labute approximate surface area is 133 Å². The predicted molar refractivity (Wildman–Crippen MR) is 83.0 cm³/mol. The molecular weight excluding hydrogens is 315 g/mol. The van der Waals surface area contributed by atoms with Gasteiger partial charge in [0.15, 0.2) is 0 Å². The van der Waals surface area contributed by atoms with Crippen molar-refractivity contribution in [1.82, 2.24) is 10.6 Å². The van der Waals surface area contributed by atoms with E-state index in [1.165, 1.54) is 0 Å². The first-order chi connectivity index (χ1) is 9.81. The van der Waals surface area contributed by atoms with Crippen LogP contribution in [-0.2, 0) is 11.2 Å². The number of halogens is 2. The lowest BCUT2D eigenvalue weighted by Crippen LogP contribution is -2.48.